The summed E-state index contributed by atoms with van der Waals surface area (Å²) in [4.78, 5) is 19.5. The van der Waals surface area contributed by atoms with Crippen LogP contribution in [0.3, 0.4) is 0 Å². The zero-order valence-corrected chi connectivity index (χ0v) is 18.1. The normalized spacial score (nSPS) is 15.6. The van der Waals surface area contributed by atoms with E-state index >= 15 is 0 Å². The fraction of sp³-hybridized carbons (Fsp3) is 0.364. The Bertz CT molecular complexity index is 1020. The van der Waals surface area contributed by atoms with Crippen LogP contribution in [0.2, 0.25) is 0 Å². The maximum Gasteiger partial charge on any atom is 0.277 e. The number of carbonyl (C=O) groups excluding carboxylic acids is 1. The minimum Gasteiger partial charge on any atom is -0.306 e. The lowest BCUT2D eigenvalue weighted by atomic mass is 10.1. The molecular weight excluding hydrogens is 386 g/mol. The van der Waals surface area contributed by atoms with Gasteiger partial charge in [0.2, 0.25) is 10.0 Å². The van der Waals surface area contributed by atoms with Crippen molar-refractivity contribution in [1.29, 1.82) is 0 Å². The van der Waals surface area contributed by atoms with Crippen LogP contribution in [0, 0.1) is 5.92 Å². The Balaban J connectivity index is 1.96. The van der Waals surface area contributed by atoms with Gasteiger partial charge in [-0.15, -0.1) is 0 Å². The molecule has 0 aromatic heterocycles. The van der Waals surface area contributed by atoms with Crippen LogP contribution in [-0.4, -0.2) is 44.0 Å². The average Bonchev–Trinajstić information content (AvgIpc) is 2.95. The molecule has 1 heterocycles. The molecule has 0 saturated carbocycles. The van der Waals surface area contributed by atoms with Crippen LogP contribution in [0.15, 0.2) is 58.4 Å². The molecule has 7 heteroatoms. The number of carbonyl (C=O) groups is 1. The van der Waals surface area contributed by atoms with Gasteiger partial charge in [-0.1, -0.05) is 45.9 Å². The number of aliphatic imine (C=N–C) groups is 1. The predicted molar refractivity (Wildman–Crippen MR) is 116 cm³/mol. The van der Waals surface area contributed by atoms with Crippen LogP contribution < -0.4 is 4.90 Å². The van der Waals surface area contributed by atoms with Crippen molar-refractivity contribution in [3.05, 3.63) is 54.1 Å². The molecule has 0 spiro atoms. The van der Waals surface area contributed by atoms with Gasteiger partial charge in [0.1, 0.15) is 5.71 Å². The van der Waals surface area contributed by atoms with Gasteiger partial charge in [-0.05, 0) is 36.2 Å². The number of nitrogens with zero attached hydrogens (tertiary/aromatic N) is 3. The first-order chi connectivity index (χ1) is 13.8. The molecule has 0 bridgehead atoms. The highest BCUT2D eigenvalue weighted by atomic mass is 32.2. The van der Waals surface area contributed by atoms with Crippen molar-refractivity contribution in [1.82, 2.24) is 4.31 Å². The van der Waals surface area contributed by atoms with Crippen molar-refractivity contribution in [2.75, 3.05) is 24.5 Å². The van der Waals surface area contributed by atoms with E-state index in [1.807, 2.05) is 38.1 Å². The molecule has 1 aliphatic rings. The summed E-state index contributed by atoms with van der Waals surface area (Å²) in [6.07, 6.45) is 0. The van der Waals surface area contributed by atoms with Crippen LogP contribution in [-0.2, 0) is 14.8 Å². The van der Waals surface area contributed by atoms with Crippen LogP contribution in [0.25, 0.3) is 0 Å². The molecule has 6 nitrogen and oxygen atoms in total. The third-order valence-corrected chi connectivity index (χ3v) is 6.93. The Hall–Kier alpha value is -2.51. The molecule has 0 unspecified atom stereocenters. The lowest BCUT2D eigenvalue weighted by molar-refractivity contribution is -0.112. The van der Waals surface area contributed by atoms with Crippen molar-refractivity contribution in [3.63, 3.8) is 0 Å². The van der Waals surface area contributed by atoms with Gasteiger partial charge in [-0.25, -0.2) is 13.4 Å². The van der Waals surface area contributed by atoms with Crippen molar-refractivity contribution >= 4 is 33.0 Å². The Morgan fingerprint density at radius 2 is 1.62 bits per heavy atom. The summed E-state index contributed by atoms with van der Waals surface area (Å²) in [5.41, 5.74) is 2.61. The van der Waals surface area contributed by atoms with Crippen molar-refractivity contribution < 1.29 is 13.2 Å². The third kappa shape index (κ3) is 4.11. The van der Waals surface area contributed by atoms with Gasteiger partial charge in [0, 0.05) is 25.2 Å². The largest absolute Gasteiger partial charge is 0.306 e. The number of anilines is 1. The van der Waals surface area contributed by atoms with Gasteiger partial charge in [-0.2, -0.15) is 4.31 Å². The number of hydrogen-bond donors (Lipinski definition) is 0. The van der Waals surface area contributed by atoms with E-state index in [1.165, 1.54) is 4.31 Å². The van der Waals surface area contributed by atoms with Crippen molar-refractivity contribution in [3.8, 4) is 0 Å². The molecule has 0 aliphatic carbocycles. The van der Waals surface area contributed by atoms with E-state index in [-0.39, 0.29) is 10.8 Å². The van der Waals surface area contributed by atoms with Gasteiger partial charge in [-0.3, -0.25) is 4.79 Å². The van der Waals surface area contributed by atoms with E-state index in [9.17, 15) is 13.2 Å². The highest BCUT2D eigenvalue weighted by Gasteiger charge is 2.33. The first kappa shape index (κ1) is 21.2. The van der Waals surface area contributed by atoms with Crippen LogP contribution in [0.5, 0.6) is 0 Å². The molecule has 2 aromatic rings. The summed E-state index contributed by atoms with van der Waals surface area (Å²) < 4.78 is 26.7. The number of sulfonamides is 1. The number of para-hydroxylation sites is 1. The van der Waals surface area contributed by atoms with Crippen molar-refractivity contribution in [2.45, 2.75) is 32.6 Å². The molecular formula is C22H27N3O3S. The maximum absolute atomic E-state index is 13.0. The second-order valence-corrected chi connectivity index (χ2v) is 9.31. The molecule has 2 aromatic carbocycles. The predicted octanol–water partition coefficient (Wildman–Crippen LogP) is 3.84. The third-order valence-electron chi connectivity index (χ3n) is 4.87. The van der Waals surface area contributed by atoms with E-state index in [1.54, 1.807) is 29.2 Å². The van der Waals surface area contributed by atoms with E-state index < -0.39 is 10.0 Å². The Morgan fingerprint density at radius 1 is 1.00 bits per heavy atom. The van der Waals surface area contributed by atoms with Crippen LogP contribution in [0.1, 0.15) is 33.3 Å². The van der Waals surface area contributed by atoms with Gasteiger partial charge < -0.3 is 4.90 Å². The lowest BCUT2D eigenvalue weighted by Crippen LogP contribution is -2.33. The molecule has 3 rings (SSSR count). The molecule has 29 heavy (non-hydrogen) atoms. The minimum atomic E-state index is -3.52. The number of rotatable bonds is 7. The first-order valence-corrected chi connectivity index (χ1v) is 11.3. The average molecular weight is 414 g/mol. The molecule has 154 valence electrons. The second-order valence-electron chi connectivity index (χ2n) is 7.37. The standard InChI is InChI=1S/C22H27N3O3S/c1-5-24(6-2)29(27,28)18-13-11-17(12-14-18)23-21-19-9-7-8-10-20(19)25(22(21)26)15-16(3)4/h7-14,16H,5-6,15H2,1-4H3. The topological polar surface area (TPSA) is 70.0 Å². The first-order valence-electron chi connectivity index (χ1n) is 9.89. The minimum absolute atomic E-state index is 0.125. The lowest BCUT2D eigenvalue weighted by Gasteiger charge is -2.19. The van der Waals surface area contributed by atoms with Gasteiger partial charge in [0.15, 0.2) is 0 Å². The van der Waals surface area contributed by atoms with E-state index in [0.29, 0.717) is 37.0 Å². The molecule has 1 amide bonds. The van der Waals surface area contributed by atoms with E-state index in [2.05, 4.69) is 18.8 Å². The Kier molecular flexibility index (Phi) is 6.19. The molecule has 0 radical (unpaired) electrons. The second kappa shape index (κ2) is 8.47. The quantitative estimate of drug-likeness (QED) is 0.692. The summed E-state index contributed by atoms with van der Waals surface area (Å²) in [7, 11) is -3.52. The smallest absolute Gasteiger partial charge is 0.277 e. The zero-order chi connectivity index (χ0) is 21.2. The highest BCUT2D eigenvalue weighted by molar-refractivity contribution is 7.89. The Labute approximate surface area is 172 Å². The van der Waals surface area contributed by atoms with Gasteiger partial charge in [0.05, 0.1) is 16.3 Å². The summed E-state index contributed by atoms with van der Waals surface area (Å²) in [6, 6.07) is 14.0. The summed E-state index contributed by atoms with van der Waals surface area (Å²) in [5, 5.41) is 0. The fourth-order valence-electron chi connectivity index (χ4n) is 3.45. The van der Waals surface area contributed by atoms with Crippen LogP contribution in [0.4, 0.5) is 11.4 Å². The number of amides is 1. The van der Waals surface area contributed by atoms with E-state index in [0.717, 1.165) is 11.3 Å². The molecule has 0 saturated heterocycles. The Morgan fingerprint density at radius 3 is 2.21 bits per heavy atom. The van der Waals surface area contributed by atoms with Crippen LogP contribution >= 0.6 is 0 Å². The monoisotopic (exact) mass is 413 g/mol. The SMILES string of the molecule is CCN(CC)S(=O)(=O)c1ccc(N=C2C(=O)N(CC(C)C)c3ccccc32)cc1. The van der Waals surface area contributed by atoms with Crippen molar-refractivity contribution in [2.24, 2.45) is 10.9 Å². The summed E-state index contributed by atoms with van der Waals surface area (Å²) in [5.74, 6) is 0.204. The number of hydrogen-bond acceptors (Lipinski definition) is 4. The highest BCUT2D eigenvalue weighted by Crippen LogP contribution is 2.31. The van der Waals surface area contributed by atoms with Gasteiger partial charge in [0.25, 0.3) is 5.91 Å². The molecule has 0 fully saturated rings. The number of benzene rings is 2. The molecule has 1 aliphatic heterocycles. The van der Waals surface area contributed by atoms with E-state index in [4.69, 9.17) is 0 Å². The fourth-order valence-corrected chi connectivity index (χ4v) is 4.91. The number of fused-ring (bicyclic) bond motifs is 1. The maximum atomic E-state index is 13.0. The summed E-state index contributed by atoms with van der Waals surface area (Å²) >= 11 is 0. The molecule has 0 N–H and O–H groups in total. The molecule has 0 atom stereocenters. The summed E-state index contributed by atoms with van der Waals surface area (Å²) in [6.45, 7) is 9.22. The zero-order valence-electron chi connectivity index (χ0n) is 17.3. The van der Waals surface area contributed by atoms with Gasteiger partial charge >= 0.3 is 0 Å².